The summed E-state index contributed by atoms with van der Waals surface area (Å²) in [7, 11) is 0. The van der Waals surface area contributed by atoms with Crippen molar-refractivity contribution in [2.24, 2.45) is 40.9 Å². The first-order valence-corrected chi connectivity index (χ1v) is 9.65. The average molecular weight is 304 g/mol. The summed E-state index contributed by atoms with van der Waals surface area (Å²) in [4.78, 5) is 12.7. The van der Waals surface area contributed by atoms with Crippen molar-refractivity contribution in [3.8, 4) is 0 Å². The van der Waals surface area contributed by atoms with Crippen LogP contribution in [0.25, 0.3) is 0 Å². The predicted molar refractivity (Wildman–Crippen MR) is 87.2 cm³/mol. The van der Waals surface area contributed by atoms with E-state index in [1.807, 2.05) is 13.8 Å². The van der Waals surface area contributed by atoms with E-state index in [-0.39, 0.29) is 17.0 Å². The number of hydrogen-bond acceptors (Lipinski definition) is 2. The maximum atomic E-state index is 12.7. The lowest BCUT2D eigenvalue weighted by Gasteiger charge is -2.46. The molecule has 2 heteroatoms. The molecule has 0 N–H and O–H groups in total. The van der Waals surface area contributed by atoms with E-state index in [0.717, 1.165) is 48.9 Å². The van der Waals surface area contributed by atoms with Crippen molar-refractivity contribution in [2.45, 2.75) is 78.2 Å². The lowest BCUT2D eigenvalue weighted by molar-refractivity contribution is -0.183. The van der Waals surface area contributed by atoms with E-state index in [1.54, 1.807) is 0 Å². The number of esters is 1. The number of rotatable bonds is 4. The summed E-state index contributed by atoms with van der Waals surface area (Å²) in [5.74, 6) is 5.40. The van der Waals surface area contributed by atoms with Gasteiger partial charge in [-0.1, -0.05) is 13.8 Å². The predicted octanol–water partition coefficient (Wildman–Crippen LogP) is 4.82. The van der Waals surface area contributed by atoms with Gasteiger partial charge in [-0.05, 0) is 88.4 Å². The van der Waals surface area contributed by atoms with E-state index in [9.17, 15) is 4.79 Å². The number of carbonyl (C=O) groups excluding carboxylic acids is 1. The number of hydrogen-bond donors (Lipinski definition) is 0. The van der Waals surface area contributed by atoms with Crippen LogP contribution >= 0.6 is 0 Å². The van der Waals surface area contributed by atoms with Crippen molar-refractivity contribution in [1.82, 2.24) is 0 Å². The van der Waals surface area contributed by atoms with Crippen molar-refractivity contribution >= 4 is 5.97 Å². The summed E-state index contributed by atoms with van der Waals surface area (Å²) in [6.45, 7) is 8.40. The molecular formula is C20H32O2. The van der Waals surface area contributed by atoms with Crippen molar-refractivity contribution in [3.63, 3.8) is 0 Å². The minimum Gasteiger partial charge on any atom is -0.458 e. The highest BCUT2D eigenvalue weighted by atomic mass is 16.6. The Hall–Kier alpha value is -0.530. The van der Waals surface area contributed by atoms with Crippen LogP contribution in [0.3, 0.4) is 0 Å². The molecule has 4 bridgehead atoms. The van der Waals surface area contributed by atoms with Crippen LogP contribution in [-0.4, -0.2) is 11.6 Å². The molecule has 0 aliphatic heterocycles. The molecule has 2 nitrogen and oxygen atoms in total. The van der Waals surface area contributed by atoms with Crippen LogP contribution < -0.4 is 0 Å². The second-order valence-corrected chi connectivity index (χ2v) is 9.34. The van der Waals surface area contributed by atoms with E-state index in [4.69, 9.17) is 4.74 Å². The second kappa shape index (κ2) is 4.74. The molecule has 0 aromatic heterocycles. The molecule has 0 heterocycles. The first-order chi connectivity index (χ1) is 10.4. The fourth-order valence-electron chi connectivity index (χ4n) is 6.76. The van der Waals surface area contributed by atoms with Gasteiger partial charge in [-0.2, -0.15) is 0 Å². The summed E-state index contributed by atoms with van der Waals surface area (Å²) in [6, 6.07) is 0. The molecule has 0 amide bonds. The van der Waals surface area contributed by atoms with Crippen molar-refractivity contribution in [2.75, 3.05) is 0 Å². The third-order valence-electron chi connectivity index (χ3n) is 8.23. The van der Waals surface area contributed by atoms with E-state index < -0.39 is 0 Å². The van der Waals surface area contributed by atoms with Crippen LogP contribution in [0, 0.1) is 40.9 Å². The fourth-order valence-corrected chi connectivity index (χ4v) is 6.76. The fraction of sp³-hybridized carbons (Fsp3) is 0.950. The van der Waals surface area contributed by atoms with Crippen LogP contribution in [0.5, 0.6) is 0 Å². The smallest absolute Gasteiger partial charge is 0.312 e. The molecule has 0 aromatic carbocycles. The van der Waals surface area contributed by atoms with Crippen LogP contribution in [0.2, 0.25) is 0 Å². The molecule has 4 aliphatic carbocycles. The van der Waals surface area contributed by atoms with E-state index in [1.165, 1.54) is 25.7 Å². The Morgan fingerprint density at radius 1 is 1.09 bits per heavy atom. The third-order valence-corrected chi connectivity index (χ3v) is 8.23. The van der Waals surface area contributed by atoms with Crippen LogP contribution in [0.1, 0.15) is 72.6 Å². The van der Waals surface area contributed by atoms with Gasteiger partial charge in [0.05, 0.1) is 5.41 Å². The van der Waals surface area contributed by atoms with Crippen LogP contribution in [-0.2, 0) is 9.53 Å². The van der Waals surface area contributed by atoms with Gasteiger partial charge in [-0.3, -0.25) is 4.79 Å². The number of fused-ring (bicyclic) bond motifs is 9. The first-order valence-electron chi connectivity index (χ1n) is 9.65. The molecule has 7 atom stereocenters. The van der Waals surface area contributed by atoms with Gasteiger partial charge in [-0.15, -0.1) is 0 Å². The molecule has 22 heavy (non-hydrogen) atoms. The van der Waals surface area contributed by atoms with Gasteiger partial charge in [0.1, 0.15) is 5.60 Å². The van der Waals surface area contributed by atoms with E-state index >= 15 is 0 Å². The molecule has 0 spiro atoms. The Bertz CT molecular complexity index is 482. The normalized spacial score (nSPS) is 48.7. The maximum absolute atomic E-state index is 12.7. The second-order valence-electron chi connectivity index (χ2n) is 9.34. The molecule has 6 unspecified atom stereocenters. The Kier molecular flexibility index (Phi) is 3.24. The molecule has 4 aliphatic rings. The van der Waals surface area contributed by atoms with Gasteiger partial charge in [-0.25, -0.2) is 0 Å². The summed E-state index contributed by atoms with van der Waals surface area (Å²) < 4.78 is 6.31. The maximum Gasteiger partial charge on any atom is 0.312 e. The molecule has 0 aromatic rings. The van der Waals surface area contributed by atoms with E-state index in [2.05, 4.69) is 13.8 Å². The lowest BCUT2D eigenvalue weighted by atomic mass is 9.65. The van der Waals surface area contributed by atoms with Crippen molar-refractivity contribution < 1.29 is 9.53 Å². The zero-order valence-electron chi connectivity index (χ0n) is 14.7. The molecule has 4 saturated carbocycles. The summed E-state index contributed by atoms with van der Waals surface area (Å²) >= 11 is 0. The van der Waals surface area contributed by atoms with Crippen molar-refractivity contribution in [3.05, 3.63) is 0 Å². The van der Waals surface area contributed by atoms with Gasteiger partial charge in [0.15, 0.2) is 0 Å². The molecule has 4 rings (SSSR count). The molecule has 124 valence electrons. The highest BCUT2D eigenvalue weighted by Crippen LogP contribution is 2.70. The van der Waals surface area contributed by atoms with Gasteiger partial charge in [0, 0.05) is 5.92 Å². The minimum atomic E-state index is -0.335. The minimum absolute atomic E-state index is 0.0455. The highest BCUT2D eigenvalue weighted by molar-refractivity contribution is 5.76. The average Bonchev–Trinajstić information content (AvgIpc) is 3.24. The zero-order valence-corrected chi connectivity index (χ0v) is 14.7. The molecule has 0 saturated heterocycles. The number of carbonyl (C=O) groups is 1. The lowest BCUT2D eigenvalue weighted by Crippen LogP contribution is -2.49. The summed E-state index contributed by atoms with van der Waals surface area (Å²) in [5.41, 5.74) is -0.460. The van der Waals surface area contributed by atoms with Crippen LogP contribution in [0.4, 0.5) is 0 Å². The van der Waals surface area contributed by atoms with Gasteiger partial charge in [0.25, 0.3) is 0 Å². The first kappa shape index (κ1) is 15.0. The Labute approximate surface area is 135 Å². The standard InChI is InChI=1S/C20H32O2/c1-5-19(3,4)18(21)22-20(6-2)11-14-10-15(20)17-13-8-7-12(9-13)16(14)17/h12-17H,5-11H2,1-4H3/t12?,13?,14?,15?,16?,17?,20-/m0/s1. The molecule has 0 radical (unpaired) electrons. The van der Waals surface area contributed by atoms with Crippen molar-refractivity contribution in [1.29, 1.82) is 0 Å². The SMILES string of the molecule is CCC(C)(C)C(=O)O[C@@]1(CC)CC2CC1C1C3CCC(C3)C21. The third kappa shape index (κ3) is 1.82. The molecular weight excluding hydrogens is 272 g/mol. The van der Waals surface area contributed by atoms with E-state index in [0.29, 0.717) is 5.92 Å². The summed E-state index contributed by atoms with van der Waals surface area (Å²) in [6.07, 6.45) is 8.79. The Balaban J connectivity index is 1.58. The Morgan fingerprint density at radius 3 is 2.41 bits per heavy atom. The highest BCUT2D eigenvalue weighted by Gasteiger charge is 2.67. The monoisotopic (exact) mass is 304 g/mol. The molecule has 4 fully saturated rings. The Morgan fingerprint density at radius 2 is 1.77 bits per heavy atom. The quantitative estimate of drug-likeness (QED) is 0.550. The number of ether oxygens (including phenoxy) is 1. The van der Waals surface area contributed by atoms with Gasteiger partial charge in [0.2, 0.25) is 0 Å². The topological polar surface area (TPSA) is 26.3 Å². The van der Waals surface area contributed by atoms with Crippen LogP contribution in [0.15, 0.2) is 0 Å². The van der Waals surface area contributed by atoms with Gasteiger partial charge >= 0.3 is 5.97 Å². The van der Waals surface area contributed by atoms with Gasteiger partial charge < -0.3 is 4.74 Å². The largest absolute Gasteiger partial charge is 0.458 e. The zero-order chi connectivity index (χ0) is 15.7. The summed E-state index contributed by atoms with van der Waals surface area (Å²) in [5, 5.41) is 0.